The number of rotatable bonds is 5. The maximum atomic E-state index is 12.2. The Kier molecular flexibility index (Phi) is 8.92. The molecular weight excluding hydrogens is 330 g/mol. The normalized spacial score (nSPS) is 19.7. The number of carbonyl (C=O) groups excluding carboxylic acids is 1. The third-order valence-corrected chi connectivity index (χ3v) is 3.53. The van der Waals surface area contributed by atoms with Crippen molar-refractivity contribution in [1.82, 2.24) is 15.1 Å². The summed E-state index contributed by atoms with van der Waals surface area (Å²) in [6.07, 6.45) is -1.69. The zero-order valence-corrected chi connectivity index (χ0v) is 13.3. The highest BCUT2D eigenvalue weighted by atomic mass is 35.5. The lowest BCUT2D eigenvalue weighted by atomic mass is 10.3. The number of nitrogens with one attached hydrogen (secondary N) is 1. The van der Waals surface area contributed by atoms with Crippen LogP contribution in [0.2, 0.25) is 0 Å². The first-order valence-electron chi connectivity index (χ1n) is 6.71. The summed E-state index contributed by atoms with van der Waals surface area (Å²) in [5.41, 5.74) is 0. The van der Waals surface area contributed by atoms with Gasteiger partial charge in [0, 0.05) is 26.2 Å². The lowest BCUT2D eigenvalue weighted by Crippen LogP contribution is -2.52. The quantitative estimate of drug-likeness (QED) is 0.815. The standard InChI is InChI=1S/C12H20F3N3O.2ClH/c13-12(14,15)9-17-3-5-18(6-4-17)11(19)8-16-7-10-1-2-10;;/h10,16H,1-9H2;2*1H. The van der Waals surface area contributed by atoms with Crippen LogP contribution in [-0.2, 0) is 4.79 Å². The molecule has 4 nitrogen and oxygen atoms in total. The first-order valence-corrected chi connectivity index (χ1v) is 6.71. The Morgan fingerprint density at radius 1 is 1.10 bits per heavy atom. The van der Waals surface area contributed by atoms with E-state index < -0.39 is 12.7 Å². The van der Waals surface area contributed by atoms with Crippen LogP contribution < -0.4 is 5.32 Å². The van der Waals surface area contributed by atoms with Crippen LogP contribution in [0.3, 0.4) is 0 Å². The summed E-state index contributed by atoms with van der Waals surface area (Å²) in [5.74, 6) is 0.712. The average molecular weight is 352 g/mol. The monoisotopic (exact) mass is 351 g/mol. The van der Waals surface area contributed by atoms with Crippen molar-refractivity contribution < 1.29 is 18.0 Å². The molecule has 1 aliphatic carbocycles. The summed E-state index contributed by atoms with van der Waals surface area (Å²) in [7, 11) is 0. The molecule has 9 heteroatoms. The summed E-state index contributed by atoms with van der Waals surface area (Å²) < 4.78 is 36.6. The van der Waals surface area contributed by atoms with Crippen molar-refractivity contribution in [1.29, 1.82) is 0 Å². The van der Waals surface area contributed by atoms with Gasteiger partial charge in [0.2, 0.25) is 5.91 Å². The van der Waals surface area contributed by atoms with E-state index in [9.17, 15) is 18.0 Å². The minimum Gasteiger partial charge on any atom is -0.339 e. The van der Waals surface area contributed by atoms with Crippen LogP contribution in [0.15, 0.2) is 0 Å². The topological polar surface area (TPSA) is 35.6 Å². The Morgan fingerprint density at radius 3 is 2.14 bits per heavy atom. The number of hydrogen-bond acceptors (Lipinski definition) is 3. The Hall–Kier alpha value is -0.240. The van der Waals surface area contributed by atoms with Gasteiger partial charge in [-0.1, -0.05) is 0 Å². The van der Waals surface area contributed by atoms with Crippen molar-refractivity contribution in [2.75, 3.05) is 45.8 Å². The zero-order valence-electron chi connectivity index (χ0n) is 11.7. The number of alkyl halides is 3. The fraction of sp³-hybridized carbons (Fsp3) is 0.917. The summed E-state index contributed by atoms with van der Waals surface area (Å²) in [6, 6.07) is 0. The minimum atomic E-state index is -4.15. The zero-order chi connectivity index (χ0) is 13.9. The smallest absolute Gasteiger partial charge is 0.339 e. The molecule has 126 valence electrons. The van der Waals surface area contributed by atoms with Gasteiger partial charge in [-0.05, 0) is 25.3 Å². The van der Waals surface area contributed by atoms with E-state index in [4.69, 9.17) is 0 Å². The molecule has 1 heterocycles. The van der Waals surface area contributed by atoms with Gasteiger partial charge in [-0.25, -0.2) is 0 Å². The van der Waals surface area contributed by atoms with E-state index >= 15 is 0 Å². The minimum absolute atomic E-state index is 0. The lowest BCUT2D eigenvalue weighted by molar-refractivity contribution is -0.151. The fourth-order valence-corrected chi connectivity index (χ4v) is 2.23. The van der Waals surface area contributed by atoms with Gasteiger partial charge >= 0.3 is 6.18 Å². The molecular formula is C12H22Cl2F3N3O. The van der Waals surface area contributed by atoms with Gasteiger partial charge in [-0.15, -0.1) is 24.8 Å². The van der Waals surface area contributed by atoms with Crippen molar-refractivity contribution in [2.24, 2.45) is 5.92 Å². The number of halogens is 5. The van der Waals surface area contributed by atoms with Crippen LogP contribution >= 0.6 is 24.8 Å². The maximum Gasteiger partial charge on any atom is 0.401 e. The molecule has 1 N–H and O–H groups in total. The number of hydrogen-bond donors (Lipinski definition) is 1. The fourth-order valence-electron chi connectivity index (χ4n) is 2.23. The van der Waals surface area contributed by atoms with Gasteiger partial charge in [0.25, 0.3) is 0 Å². The first-order chi connectivity index (χ1) is 8.94. The molecule has 0 spiro atoms. The van der Waals surface area contributed by atoms with Crippen LogP contribution in [0, 0.1) is 5.92 Å². The highest BCUT2D eigenvalue weighted by Crippen LogP contribution is 2.27. The second-order valence-corrected chi connectivity index (χ2v) is 5.35. The van der Waals surface area contributed by atoms with Crippen LogP contribution in [0.1, 0.15) is 12.8 Å². The molecule has 1 aliphatic heterocycles. The maximum absolute atomic E-state index is 12.2. The lowest BCUT2D eigenvalue weighted by Gasteiger charge is -2.35. The molecule has 2 fully saturated rings. The van der Waals surface area contributed by atoms with Crippen molar-refractivity contribution >= 4 is 30.7 Å². The Labute approximate surface area is 135 Å². The molecule has 0 aromatic rings. The third-order valence-electron chi connectivity index (χ3n) is 3.53. The van der Waals surface area contributed by atoms with E-state index in [2.05, 4.69) is 5.32 Å². The SMILES string of the molecule is Cl.Cl.O=C(CNCC1CC1)N1CCN(CC(F)(F)F)CC1. The van der Waals surface area contributed by atoms with Crippen molar-refractivity contribution in [2.45, 2.75) is 19.0 Å². The van der Waals surface area contributed by atoms with Crippen LogP contribution in [0.25, 0.3) is 0 Å². The highest BCUT2D eigenvalue weighted by molar-refractivity contribution is 5.85. The van der Waals surface area contributed by atoms with Crippen molar-refractivity contribution in [3.63, 3.8) is 0 Å². The molecule has 2 aliphatic rings. The average Bonchev–Trinajstić information content (AvgIpc) is 3.12. The van der Waals surface area contributed by atoms with Gasteiger partial charge in [-0.2, -0.15) is 13.2 Å². The van der Waals surface area contributed by atoms with Gasteiger partial charge in [0.05, 0.1) is 13.1 Å². The summed E-state index contributed by atoms with van der Waals surface area (Å²) in [4.78, 5) is 14.8. The number of nitrogens with zero attached hydrogens (tertiary/aromatic N) is 2. The first kappa shape index (κ1) is 20.8. The van der Waals surface area contributed by atoms with Gasteiger partial charge in [0.1, 0.15) is 0 Å². The van der Waals surface area contributed by atoms with E-state index in [0.29, 0.717) is 32.7 Å². The van der Waals surface area contributed by atoms with Crippen molar-refractivity contribution in [3.05, 3.63) is 0 Å². The number of carbonyl (C=O) groups is 1. The second kappa shape index (κ2) is 9.02. The van der Waals surface area contributed by atoms with Gasteiger partial charge in [0.15, 0.2) is 0 Å². The van der Waals surface area contributed by atoms with Crippen LogP contribution in [0.5, 0.6) is 0 Å². The molecule has 0 radical (unpaired) electrons. The summed E-state index contributed by atoms with van der Waals surface area (Å²) >= 11 is 0. The van der Waals surface area contributed by atoms with E-state index in [-0.39, 0.29) is 30.7 Å². The second-order valence-electron chi connectivity index (χ2n) is 5.35. The van der Waals surface area contributed by atoms with Gasteiger partial charge < -0.3 is 10.2 Å². The van der Waals surface area contributed by atoms with E-state index in [1.807, 2.05) is 0 Å². The molecule has 0 atom stereocenters. The molecule has 0 aromatic heterocycles. The Bertz CT molecular complexity index is 319. The molecule has 0 unspecified atom stereocenters. The van der Waals surface area contributed by atoms with Crippen LogP contribution in [0.4, 0.5) is 13.2 Å². The molecule has 0 bridgehead atoms. The van der Waals surface area contributed by atoms with E-state index in [1.165, 1.54) is 17.7 Å². The van der Waals surface area contributed by atoms with Crippen LogP contribution in [-0.4, -0.2) is 67.7 Å². The third kappa shape index (κ3) is 8.09. The molecule has 1 amide bonds. The highest BCUT2D eigenvalue weighted by Gasteiger charge is 2.32. The van der Waals surface area contributed by atoms with Crippen molar-refractivity contribution in [3.8, 4) is 0 Å². The predicted octanol–water partition coefficient (Wildman–Crippen LogP) is 1.54. The Balaban J connectivity index is 0.00000200. The molecule has 21 heavy (non-hydrogen) atoms. The van der Waals surface area contributed by atoms with E-state index in [0.717, 1.165) is 12.5 Å². The molecule has 2 rings (SSSR count). The molecule has 1 saturated heterocycles. The van der Waals surface area contributed by atoms with Gasteiger partial charge in [-0.3, -0.25) is 9.69 Å². The molecule has 1 saturated carbocycles. The summed E-state index contributed by atoms with van der Waals surface area (Å²) in [6.45, 7) is 1.67. The Morgan fingerprint density at radius 2 is 1.67 bits per heavy atom. The largest absolute Gasteiger partial charge is 0.401 e. The number of amides is 1. The predicted molar refractivity (Wildman–Crippen MR) is 79.2 cm³/mol. The molecule has 0 aromatic carbocycles. The number of piperazine rings is 1. The van der Waals surface area contributed by atoms with E-state index in [1.54, 1.807) is 4.90 Å². The summed E-state index contributed by atoms with van der Waals surface area (Å²) in [5, 5.41) is 3.11.